The Morgan fingerprint density at radius 2 is 2.08 bits per heavy atom. The largest absolute Gasteiger partial charge is 0.497 e. The lowest BCUT2D eigenvalue weighted by Crippen LogP contribution is -2.33. The van der Waals surface area contributed by atoms with Crippen LogP contribution < -0.4 is 14.8 Å². The van der Waals surface area contributed by atoms with E-state index in [1.165, 1.54) is 18.4 Å². The van der Waals surface area contributed by atoms with Crippen molar-refractivity contribution >= 4 is 11.3 Å². The van der Waals surface area contributed by atoms with Gasteiger partial charge in [-0.1, -0.05) is 6.07 Å². The third-order valence-electron chi connectivity index (χ3n) is 4.60. The van der Waals surface area contributed by atoms with Crippen LogP contribution in [0, 0.1) is 0 Å². The maximum absolute atomic E-state index is 10.3. The van der Waals surface area contributed by atoms with Crippen molar-refractivity contribution < 1.29 is 14.6 Å². The summed E-state index contributed by atoms with van der Waals surface area (Å²) in [7, 11) is 1.65. The van der Waals surface area contributed by atoms with E-state index in [4.69, 9.17) is 9.47 Å². The Bertz CT molecular complexity index is 657. The molecular weight excluding hydrogens is 348 g/mol. The molecule has 2 heterocycles. The molecule has 2 aromatic rings. The fourth-order valence-corrected chi connectivity index (χ4v) is 3.85. The van der Waals surface area contributed by atoms with Crippen LogP contribution >= 0.6 is 11.3 Å². The monoisotopic (exact) mass is 376 g/mol. The van der Waals surface area contributed by atoms with Gasteiger partial charge in [0.2, 0.25) is 0 Å². The Hall–Kier alpha value is -1.60. The Balaban J connectivity index is 1.54. The van der Waals surface area contributed by atoms with Gasteiger partial charge in [0.15, 0.2) is 0 Å². The zero-order valence-corrected chi connectivity index (χ0v) is 16.1. The van der Waals surface area contributed by atoms with Gasteiger partial charge in [0, 0.05) is 31.3 Å². The molecule has 1 fully saturated rings. The molecule has 0 radical (unpaired) electrons. The van der Waals surface area contributed by atoms with Gasteiger partial charge in [-0.3, -0.25) is 0 Å². The fourth-order valence-electron chi connectivity index (χ4n) is 3.18. The number of methoxy groups -OCH3 is 1. The van der Waals surface area contributed by atoms with Gasteiger partial charge in [-0.25, -0.2) is 0 Å². The molecule has 1 aliphatic rings. The molecule has 6 heteroatoms. The smallest absolute Gasteiger partial charge is 0.127 e. The van der Waals surface area contributed by atoms with Crippen LogP contribution in [0.2, 0.25) is 0 Å². The van der Waals surface area contributed by atoms with E-state index in [9.17, 15) is 5.11 Å². The summed E-state index contributed by atoms with van der Waals surface area (Å²) in [6.45, 7) is 4.66. The maximum Gasteiger partial charge on any atom is 0.127 e. The summed E-state index contributed by atoms with van der Waals surface area (Å²) < 4.78 is 11.3. The molecule has 3 rings (SSSR count). The van der Waals surface area contributed by atoms with Crippen LogP contribution in [-0.4, -0.2) is 49.5 Å². The number of hydrogen-bond donors (Lipinski definition) is 2. The predicted octanol–water partition coefficient (Wildman–Crippen LogP) is 2.88. The van der Waals surface area contributed by atoms with Crippen molar-refractivity contribution in [1.29, 1.82) is 0 Å². The molecular formula is C20H28N2O3S. The Labute approximate surface area is 159 Å². The number of nitrogens with one attached hydrogen (secondary N) is 1. The Kier molecular flexibility index (Phi) is 7.32. The molecule has 2 N–H and O–H groups in total. The number of rotatable bonds is 10. The summed E-state index contributed by atoms with van der Waals surface area (Å²) in [4.78, 5) is 2.29. The second-order valence-electron chi connectivity index (χ2n) is 6.68. The normalized spacial score (nSPS) is 15.9. The first kappa shape index (κ1) is 19.2. The zero-order chi connectivity index (χ0) is 18.2. The Morgan fingerprint density at radius 1 is 1.23 bits per heavy atom. The molecule has 1 aromatic heterocycles. The van der Waals surface area contributed by atoms with Gasteiger partial charge in [0.1, 0.15) is 24.2 Å². The highest BCUT2D eigenvalue weighted by Gasteiger charge is 2.17. The first-order valence-corrected chi connectivity index (χ1v) is 10.1. The zero-order valence-electron chi connectivity index (χ0n) is 15.3. The predicted molar refractivity (Wildman–Crippen MR) is 105 cm³/mol. The van der Waals surface area contributed by atoms with Gasteiger partial charge in [-0.05, 0) is 54.4 Å². The Morgan fingerprint density at radius 3 is 2.81 bits per heavy atom. The fraction of sp³-hybridized carbons (Fsp3) is 0.500. The van der Waals surface area contributed by atoms with Gasteiger partial charge in [-0.2, -0.15) is 11.3 Å². The van der Waals surface area contributed by atoms with E-state index in [1.807, 2.05) is 18.2 Å². The third kappa shape index (κ3) is 5.71. The van der Waals surface area contributed by atoms with Gasteiger partial charge in [0.25, 0.3) is 0 Å². The van der Waals surface area contributed by atoms with Gasteiger partial charge in [-0.15, -0.1) is 0 Å². The number of aliphatic hydroxyl groups is 1. The van der Waals surface area contributed by atoms with Crippen molar-refractivity contribution in [1.82, 2.24) is 10.2 Å². The second-order valence-corrected chi connectivity index (χ2v) is 7.46. The number of thiophene rings is 1. The van der Waals surface area contributed by atoms with E-state index in [1.54, 1.807) is 18.4 Å². The molecule has 1 aliphatic heterocycles. The lowest BCUT2D eigenvalue weighted by molar-refractivity contribution is 0.0753. The van der Waals surface area contributed by atoms with Gasteiger partial charge in [0.05, 0.1) is 7.11 Å². The van der Waals surface area contributed by atoms with Crippen molar-refractivity contribution in [3.8, 4) is 11.5 Å². The number of hydrogen-bond acceptors (Lipinski definition) is 6. The van der Waals surface area contributed by atoms with Crippen LogP contribution in [0.1, 0.15) is 24.0 Å². The summed E-state index contributed by atoms with van der Waals surface area (Å²) in [6, 6.07) is 7.97. The van der Waals surface area contributed by atoms with Crippen molar-refractivity contribution in [2.75, 3.05) is 33.4 Å². The van der Waals surface area contributed by atoms with Crippen molar-refractivity contribution in [3.05, 3.63) is 46.2 Å². The first-order valence-electron chi connectivity index (χ1n) is 9.16. The molecule has 1 aromatic carbocycles. The van der Waals surface area contributed by atoms with E-state index >= 15 is 0 Å². The van der Waals surface area contributed by atoms with E-state index < -0.39 is 6.10 Å². The van der Waals surface area contributed by atoms with E-state index in [0.29, 0.717) is 19.7 Å². The molecule has 0 bridgehead atoms. The highest BCUT2D eigenvalue weighted by molar-refractivity contribution is 7.07. The van der Waals surface area contributed by atoms with E-state index in [2.05, 4.69) is 27.0 Å². The number of ether oxygens (including phenoxy) is 2. The summed E-state index contributed by atoms with van der Waals surface area (Å²) >= 11 is 1.71. The first-order chi connectivity index (χ1) is 12.7. The van der Waals surface area contributed by atoms with Crippen LogP contribution in [0.25, 0.3) is 0 Å². The average molecular weight is 377 g/mol. The average Bonchev–Trinajstić information content (AvgIpc) is 3.34. The van der Waals surface area contributed by atoms with Crippen molar-refractivity contribution in [3.63, 3.8) is 0 Å². The highest BCUT2D eigenvalue weighted by atomic mass is 32.1. The number of nitrogens with zero attached hydrogens (tertiary/aromatic N) is 1. The van der Waals surface area contributed by atoms with E-state index in [-0.39, 0.29) is 0 Å². The standard InChI is InChI=1S/C20H28N2O3S/c1-24-19-5-4-17(12-21-11-16-6-9-26-15-16)20(10-19)25-14-18(23)13-22-7-2-3-8-22/h4-6,9-10,15,18,21,23H,2-3,7-8,11-14H2,1H3. The summed E-state index contributed by atoms with van der Waals surface area (Å²) in [6.07, 6.45) is 1.97. The molecule has 1 atom stereocenters. The quantitative estimate of drug-likeness (QED) is 0.668. The minimum atomic E-state index is -0.481. The van der Waals surface area contributed by atoms with E-state index in [0.717, 1.165) is 36.7 Å². The molecule has 0 saturated carbocycles. The minimum Gasteiger partial charge on any atom is -0.497 e. The molecule has 1 unspecified atom stereocenters. The number of β-amino-alcohol motifs (C(OH)–C–C–N with tert-alkyl or cyclic N) is 1. The maximum atomic E-state index is 10.3. The molecule has 26 heavy (non-hydrogen) atoms. The summed E-state index contributed by atoms with van der Waals surface area (Å²) in [5.41, 5.74) is 2.35. The third-order valence-corrected chi connectivity index (χ3v) is 5.33. The second kappa shape index (κ2) is 9.92. The SMILES string of the molecule is COc1ccc(CNCc2ccsc2)c(OCC(O)CN2CCCC2)c1. The lowest BCUT2D eigenvalue weighted by atomic mass is 10.2. The lowest BCUT2D eigenvalue weighted by Gasteiger charge is -2.20. The molecule has 0 spiro atoms. The van der Waals surface area contributed by atoms with Gasteiger partial charge < -0.3 is 24.8 Å². The molecule has 1 saturated heterocycles. The van der Waals surface area contributed by atoms with Crippen LogP contribution in [0.4, 0.5) is 0 Å². The number of benzene rings is 1. The number of aliphatic hydroxyl groups excluding tert-OH is 1. The summed E-state index contributed by atoms with van der Waals surface area (Å²) in [5.74, 6) is 1.53. The minimum absolute atomic E-state index is 0.293. The van der Waals surface area contributed by atoms with Crippen LogP contribution in [0.3, 0.4) is 0 Å². The van der Waals surface area contributed by atoms with Crippen LogP contribution in [0.15, 0.2) is 35.0 Å². The number of likely N-dealkylation sites (tertiary alicyclic amines) is 1. The molecule has 5 nitrogen and oxygen atoms in total. The van der Waals surface area contributed by atoms with Crippen molar-refractivity contribution in [2.45, 2.75) is 32.0 Å². The molecule has 0 amide bonds. The summed E-state index contributed by atoms with van der Waals surface area (Å²) in [5, 5.41) is 18.0. The van der Waals surface area contributed by atoms with Crippen molar-refractivity contribution in [2.24, 2.45) is 0 Å². The molecule has 0 aliphatic carbocycles. The van der Waals surface area contributed by atoms with Crippen LogP contribution in [-0.2, 0) is 13.1 Å². The molecule has 142 valence electrons. The topological polar surface area (TPSA) is 54.0 Å². The van der Waals surface area contributed by atoms with Gasteiger partial charge >= 0.3 is 0 Å². The highest BCUT2D eigenvalue weighted by Crippen LogP contribution is 2.25. The van der Waals surface area contributed by atoms with Crippen LogP contribution in [0.5, 0.6) is 11.5 Å².